The van der Waals surface area contributed by atoms with Crippen LogP contribution < -0.4 is 10.8 Å². The van der Waals surface area contributed by atoms with Crippen molar-refractivity contribution < 1.29 is 9.59 Å². The van der Waals surface area contributed by atoms with Crippen molar-refractivity contribution >= 4 is 17.5 Å². The summed E-state index contributed by atoms with van der Waals surface area (Å²) in [6, 6.07) is 12.8. The highest BCUT2D eigenvalue weighted by Gasteiger charge is 2.13. The highest BCUT2D eigenvalue weighted by Crippen LogP contribution is 2.19. The van der Waals surface area contributed by atoms with Crippen LogP contribution in [-0.4, -0.2) is 22.4 Å². The maximum atomic E-state index is 12.9. The summed E-state index contributed by atoms with van der Waals surface area (Å²) in [4.78, 5) is 28.8. The van der Waals surface area contributed by atoms with Crippen LogP contribution in [0.4, 0.5) is 5.69 Å². The van der Waals surface area contributed by atoms with Crippen LogP contribution in [0.25, 0.3) is 0 Å². The molecule has 25 heavy (non-hydrogen) atoms. The van der Waals surface area contributed by atoms with Gasteiger partial charge in [0.15, 0.2) is 0 Å². The molecule has 0 spiro atoms. The number of nitrogens with zero attached hydrogens (tertiary/aromatic N) is 2. The van der Waals surface area contributed by atoms with Gasteiger partial charge in [-0.05, 0) is 49.2 Å². The molecule has 1 aromatic carbocycles. The van der Waals surface area contributed by atoms with Crippen molar-refractivity contribution in [2.75, 3.05) is 5.32 Å². The number of benzene rings is 1. The van der Waals surface area contributed by atoms with E-state index in [4.69, 9.17) is 4.99 Å². The smallest absolute Gasteiger partial charge is 0.263 e. The van der Waals surface area contributed by atoms with Gasteiger partial charge in [0.1, 0.15) is 5.49 Å². The molecule has 0 radical (unpaired) electrons. The minimum absolute atomic E-state index is 0.121. The topological polar surface area (TPSA) is 63.5 Å². The van der Waals surface area contributed by atoms with E-state index in [1.807, 2.05) is 18.2 Å². The number of carbonyl (C=O) groups excluding carboxylic acids is 2. The van der Waals surface area contributed by atoms with Crippen LogP contribution in [0.1, 0.15) is 49.4 Å². The van der Waals surface area contributed by atoms with Crippen molar-refractivity contribution in [2.45, 2.75) is 45.1 Å². The molecule has 0 unspecified atom stereocenters. The van der Waals surface area contributed by atoms with Crippen molar-refractivity contribution in [1.29, 1.82) is 0 Å². The first kappa shape index (κ1) is 17.1. The zero-order valence-electron chi connectivity index (χ0n) is 14.4. The van der Waals surface area contributed by atoms with Gasteiger partial charge in [-0.1, -0.05) is 25.3 Å². The molecule has 1 aromatic heterocycles. The molecular formula is C20H23N3O2. The number of pyridine rings is 1. The molecule has 1 saturated carbocycles. The van der Waals surface area contributed by atoms with E-state index in [2.05, 4.69) is 5.32 Å². The summed E-state index contributed by atoms with van der Waals surface area (Å²) in [7, 11) is 0. The first-order valence-electron chi connectivity index (χ1n) is 8.77. The summed E-state index contributed by atoms with van der Waals surface area (Å²) in [5.41, 5.74) is 1.94. The average molecular weight is 337 g/mol. The molecule has 0 aliphatic heterocycles. The third-order valence-corrected chi connectivity index (χ3v) is 4.40. The lowest BCUT2D eigenvalue weighted by Gasteiger charge is -2.17. The molecule has 0 bridgehead atoms. The van der Waals surface area contributed by atoms with E-state index in [9.17, 15) is 9.59 Å². The molecule has 2 aromatic rings. The minimum Gasteiger partial charge on any atom is -0.326 e. The van der Waals surface area contributed by atoms with Crippen molar-refractivity contribution in [1.82, 2.24) is 4.57 Å². The lowest BCUT2D eigenvalue weighted by atomic mass is 9.96. The Balaban J connectivity index is 1.87. The van der Waals surface area contributed by atoms with E-state index in [1.165, 1.54) is 26.2 Å². The molecule has 1 aliphatic rings. The number of rotatable bonds is 3. The Morgan fingerprint density at radius 1 is 1.04 bits per heavy atom. The SMILES string of the molecule is CC(=O)Nc1ccc(C(=O)n2ccccc2=NC2CCCCC2)cc1. The second-order valence-electron chi connectivity index (χ2n) is 6.41. The van der Waals surface area contributed by atoms with E-state index in [0.717, 1.165) is 12.8 Å². The number of hydrogen-bond donors (Lipinski definition) is 1. The Morgan fingerprint density at radius 2 is 1.76 bits per heavy atom. The average Bonchev–Trinajstić information content (AvgIpc) is 2.63. The zero-order valence-corrected chi connectivity index (χ0v) is 14.4. The largest absolute Gasteiger partial charge is 0.326 e. The standard InChI is InChI=1S/C20H23N3O2/c1-15(24)21-18-12-10-16(11-13-18)20(25)23-14-6-5-9-19(23)22-17-7-3-2-4-8-17/h5-6,9-14,17H,2-4,7-8H2,1H3,(H,21,24). The summed E-state index contributed by atoms with van der Waals surface area (Å²) in [5, 5.41) is 2.70. The van der Waals surface area contributed by atoms with Gasteiger partial charge in [-0.3, -0.25) is 19.1 Å². The molecule has 5 heteroatoms. The third-order valence-electron chi connectivity index (χ3n) is 4.40. The van der Waals surface area contributed by atoms with Crippen LogP contribution in [0.5, 0.6) is 0 Å². The Hall–Kier alpha value is -2.69. The fourth-order valence-corrected chi connectivity index (χ4v) is 3.15. The van der Waals surface area contributed by atoms with Gasteiger partial charge in [-0.25, -0.2) is 0 Å². The van der Waals surface area contributed by atoms with E-state index >= 15 is 0 Å². The lowest BCUT2D eigenvalue weighted by molar-refractivity contribution is -0.114. The normalized spacial score (nSPS) is 15.8. The van der Waals surface area contributed by atoms with E-state index in [1.54, 1.807) is 35.0 Å². The Kier molecular flexibility index (Phi) is 5.43. The minimum atomic E-state index is -0.134. The van der Waals surface area contributed by atoms with Crippen LogP contribution in [0.2, 0.25) is 0 Å². The van der Waals surface area contributed by atoms with Gasteiger partial charge >= 0.3 is 0 Å². The van der Waals surface area contributed by atoms with Crippen LogP contribution in [0.3, 0.4) is 0 Å². The molecule has 1 N–H and O–H groups in total. The van der Waals surface area contributed by atoms with Crippen LogP contribution in [0, 0.1) is 0 Å². The van der Waals surface area contributed by atoms with Gasteiger partial charge in [0.05, 0.1) is 6.04 Å². The van der Waals surface area contributed by atoms with Crippen LogP contribution in [0.15, 0.2) is 53.7 Å². The maximum Gasteiger partial charge on any atom is 0.263 e. The predicted octanol–water partition coefficient (Wildman–Crippen LogP) is 3.37. The highest BCUT2D eigenvalue weighted by molar-refractivity contribution is 5.96. The number of carbonyl (C=O) groups is 2. The second-order valence-corrected chi connectivity index (χ2v) is 6.41. The van der Waals surface area contributed by atoms with Crippen molar-refractivity contribution in [3.05, 3.63) is 59.7 Å². The van der Waals surface area contributed by atoms with E-state index < -0.39 is 0 Å². The Labute approximate surface area is 147 Å². The van der Waals surface area contributed by atoms with Gasteiger partial charge in [-0.2, -0.15) is 0 Å². The zero-order chi connectivity index (χ0) is 17.6. The van der Waals surface area contributed by atoms with Gasteiger partial charge in [-0.15, -0.1) is 0 Å². The van der Waals surface area contributed by atoms with Gasteiger partial charge in [0.2, 0.25) is 5.91 Å². The Bertz CT molecular complexity index is 815. The summed E-state index contributed by atoms with van der Waals surface area (Å²) in [5.74, 6) is -0.255. The van der Waals surface area contributed by atoms with Gasteiger partial charge in [0, 0.05) is 24.4 Å². The highest BCUT2D eigenvalue weighted by atomic mass is 16.2. The van der Waals surface area contributed by atoms with Gasteiger partial charge < -0.3 is 5.32 Å². The summed E-state index contributed by atoms with van der Waals surface area (Å²) in [6.07, 6.45) is 7.63. The first-order valence-corrected chi connectivity index (χ1v) is 8.77. The van der Waals surface area contributed by atoms with Crippen LogP contribution in [-0.2, 0) is 4.79 Å². The molecule has 0 atom stereocenters. The van der Waals surface area contributed by atoms with E-state index in [-0.39, 0.29) is 11.8 Å². The number of anilines is 1. The summed E-state index contributed by atoms with van der Waals surface area (Å²) >= 11 is 0. The second kappa shape index (κ2) is 7.92. The third kappa shape index (κ3) is 4.44. The Morgan fingerprint density at radius 3 is 2.44 bits per heavy atom. The molecule has 0 saturated heterocycles. The van der Waals surface area contributed by atoms with Gasteiger partial charge in [0.25, 0.3) is 5.91 Å². The molecule has 3 rings (SSSR count). The number of hydrogen-bond acceptors (Lipinski definition) is 3. The maximum absolute atomic E-state index is 12.9. The predicted molar refractivity (Wildman–Crippen MR) is 97.3 cm³/mol. The van der Waals surface area contributed by atoms with Crippen molar-refractivity contribution in [2.24, 2.45) is 4.99 Å². The number of aromatic nitrogens is 1. The van der Waals surface area contributed by atoms with Crippen molar-refractivity contribution in [3.63, 3.8) is 0 Å². The molecule has 1 fully saturated rings. The lowest BCUT2D eigenvalue weighted by Crippen LogP contribution is -2.29. The molecule has 1 amide bonds. The number of nitrogens with one attached hydrogen (secondary N) is 1. The monoisotopic (exact) mass is 337 g/mol. The number of amides is 1. The molecular weight excluding hydrogens is 314 g/mol. The quantitative estimate of drug-likeness (QED) is 0.933. The summed E-state index contributed by atoms with van der Waals surface area (Å²) in [6.45, 7) is 1.46. The first-order chi connectivity index (χ1) is 12.1. The van der Waals surface area contributed by atoms with Crippen molar-refractivity contribution in [3.8, 4) is 0 Å². The molecule has 1 aliphatic carbocycles. The molecule has 5 nitrogen and oxygen atoms in total. The fourth-order valence-electron chi connectivity index (χ4n) is 3.15. The summed E-state index contributed by atoms with van der Waals surface area (Å²) < 4.78 is 1.60. The molecule has 1 heterocycles. The van der Waals surface area contributed by atoms with Crippen LogP contribution >= 0.6 is 0 Å². The fraction of sp³-hybridized carbons (Fsp3) is 0.350. The van der Waals surface area contributed by atoms with E-state index in [0.29, 0.717) is 22.8 Å². The molecule has 130 valence electrons.